The third-order valence-electron chi connectivity index (χ3n) is 2.39. The van der Waals surface area contributed by atoms with Crippen LogP contribution in [0.4, 0.5) is 16.3 Å². The number of carbonyl (C=O) groups excluding carboxylic acids is 1. The highest BCUT2D eigenvalue weighted by atomic mass is 16.6. The van der Waals surface area contributed by atoms with Crippen LogP contribution in [0.1, 0.15) is 41.5 Å². The van der Waals surface area contributed by atoms with Gasteiger partial charge in [0.25, 0.3) is 0 Å². The maximum Gasteiger partial charge on any atom is 0.407 e. The largest absolute Gasteiger partial charge is 0.470 e. The Balaban J connectivity index is 2.47. The van der Waals surface area contributed by atoms with Gasteiger partial charge in [0.15, 0.2) is 0 Å². The number of nitrogens with one attached hydrogen (secondary N) is 2. The Bertz CT molecular complexity index is 533. The first-order chi connectivity index (χ1) is 10.5. The first kappa shape index (κ1) is 18.9. The summed E-state index contributed by atoms with van der Waals surface area (Å²) in [5.41, 5.74) is 5.46. The van der Waals surface area contributed by atoms with E-state index in [9.17, 15) is 4.79 Å². The molecule has 1 aromatic rings. The number of carbonyl (C=O) groups is 1. The lowest BCUT2D eigenvalue weighted by Crippen LogP contribution is -2.35. The number of anilines is 2. The predicted octanol–water partition coefficient (Wildman–Crippen LogP) is 2.78. The van der Waals surface area contributed by atoms with E-state index in [1.165, 1.54) is 0 Å². The lowest BCUT2D eigenvalue weighted by atomic mass is 10.2. The highest BCUT2D eigenvalue weighted by molar-refractivity contribution is 5.67. The molecule has 1 aromatic heterocycles. The van der Waals surface area contributed by atoms with Gasteiger partial charge in [-0.3, -0.25) is 0 Å². The van der Waals surface area contributed by atoms with Gasteiger partial charge in [0.1, 0.15) is 17.0 Å². The van der Waals surface area contributed by atoms with Gasteiger partial charge in [0, 0.05) is 13.1 Å². The summed E-state index contributed by atoms with van der Waals surface area (Å²) in [7, 11) is 0. The van der Waals surface area contributed by atoms with Crippen LogP contribution in [-0.4, -0.2) is 35.4 Å². The van der Waals surface area contributed by atoms with Crippen LogP contribution in [0, 0.1) is 0 Å². The quantitative estimate of drug-likeness (QED) is 0.720. The van der Waals surface area contributed by atoms with Crippen LogP contribution in [0.25, 0.3) is 0 Å². The Labute approximate surface area is 137 Å². The maximum atomic E-state index is 11.5. The lowest BCUT2D eigenvalue weighted by molar-refractivity contribution is 0.0530. The van der Waals surface area contributed by atoms with E-state index in [0.717, 1.165) is 0 Å². The number of hydrogen-bond donors (Lipinski definition) is 3. The Morgan fingerprint density at radius 2 is 1.78 bits per heavy atom. The summed E-state index contributed by atoms with van der Waals surface area (Å²) in [4.78, 5) is 15.8. The van der Waals surface area contributed by atoms with Crippen LogP contribution >= 0.6 is 0 Å². The molecule has 0 bridgehead atoms. The van der Waals surface area contributed by atoms with Crippen molar-refractivity contribution in [2.24, 2.45) is 0 Å². The van der Waals surface area contributed by atoms with Crippen LogP contribution in [-0.2, 0) is 4.74 Å². The molecule has 0 spiro atoms. The number of hydrogen-bond acceptors (Lipinski definition) is 6. The van der Waals surface area contributed by atoms with Crippen molar-refractivity contribution in [1.29, 1.82) is 0 Å². The number of alkyl carbamates (subject to hydrolysis) is 1. The van der Waals surface area contributed by atoms with Gasteiger partial charge < -0.3 is 25.8 Å². The highest BCUT2D eigenvalue weighted by Gasteiger charge is 2.16. The minimum Gasteiger partial charge on any atom is -0.470 e. The van der Waals surface area contributed by atoms with E-state index in [-0.39, 0.29) is 5.60 Å². The molecule has 1 heterocycles. The topological polar surface area (TPSA) is 98.5 Å². The van der Waals surface area contributed by atoms with Crippen molar-refractivity contribution in [1.82, 2.24) is 10.3 Å². The van der Waals surface area contributed by atoms with Crippen molar-refractivity contribution in [3.8, 4) is 5.88 Å². The number of pyridine rings is 1. The van der Waals surface area contributed by atoms with Crippen LogP contribution in [0.15, 0.2) is 12.1 Å². The number of rotatable bonds is 5. The van der Waals surface area contributed by atoms with Gasteiger partial charge in [-0.2, -0.15) is 4.98 Å². The smallest absolute Gasteiger partial charge is 0.407 e. The summed E-state index contributed by atoms with van der Waals surface area (Å²) in [6.45, 7) is 12.2. The maximum absolute atomic E-state index is 11.5. The van der Waals surface area contributed by atoms with Gasteiger partial charge in [-0.15, -0.1) is 0 Å². The van der Waals surface area contributed by atoms with Crippen LogP contribution in [0.3, 0.4) is 0 Å². The van der Waals surface area contributed by atoms with E-state index in [1.807, 2.05) is 41.5 Å². The number of nitrogen functional groups attached to an aromatic ring is 1. The zero-order valence-corrected chi connectivity index (χ0v) is 14.8. The number of aromatic nitrogens is 1. The third kappa shape index (κ3) is 8.13. The van der Waals surface area contributed by atoms with Crippen molar-refractivity contribution in [2.75, 3.05) is 24.1 Å². The van der Waals surface area contributed by atoms with Crippen LogP contribution in [0.5, 0.6) is 5.88 Å². The lowest BCUT2D eigenvalue weighted by Gasteiger charge is -2.22. The molecule has 0 radical (unpaired) electrons. The average molecular weight is 324 g/mol. The molecule has 0 unspecified atom stereocenters. The van der Waals surface area contributed by atoms with E-state index < -0.39 is 11.7 Å². The molecule has 0 saturated heterocycles. The summed E-state index contributed by atoms with van der Waals surface area (Å²) < 4.78 is 10.9. The molecule has 7 nitrogen and oxygen atoms in total. The zero-order chi connectivity index (χ0) is 17.7. The van der Waals surface area contributed by atoms with E-state index in [1.54, 1.807) is 12.1 Å². The Kier molecular flexibility index (Phi) is 6.06. The Hall–Kier alpha value is -2.18. The number of nitrogens with zero attached hydrogens (tertiary/aromatic N) is 1. The number of amides is 1. The molecule has 1 rings (SSSR count). The fraction of sp³-hybridized carbons (Fsp3) is 0.625. The van der Waals surface area contributed by atoms with Gasteiger partial charge in [-0.05, 0) is 53.7 Å². The van der Waals surface area contributed by atoms with Crippen molar-refractivity contribution in [3.63, 3.8) is 0 Å². The molecule has 0 saturated carbocycles. The van der Waals surface area contributed by atoms with Crippen LogP contribution < -0.4 is 21.1 Å². The molecule has 0 aliphatic heterocycles. The highest BCUT2D eigenvalue weighted by Crippen LogP contribution is 2.24. The molecule has 23 heavy (non-hydrogen) atoms. The van der Waals surface area contributed by atoms with E-state index >= 15 is 0 Å². The Morgan fingerprint density at radius 3 is 2.35 bits per heavy atom. The van der Waals surface area contributed by atoms with Gasteiger partial charge in [-0.1, -0.05) is 0 Å². The minimum atomic E-state index is -0.505. The average Bonchev–Trinajstić information content (AvgIpc) is 2.34. The van der Waals surface area contributed by atoms with Gasteiger partial charge >= 0.3 is 6.09 Å². The van der Waals surface area contributed by atoms with Gasteiger partial charge in [0.05, 0.1) is 5.69 Å². The van der Waals surface area contributed by atoms with Gasteiger partial charge in [0.2, 0.25) is 5.88 Å². The van der Waals surface area contributed by atoms with Crippen LogP contribution in [0.2, 0.25) is 0 Å². The zero-order valence-electron chi connectivity index (χ0n) is 14.8. The normalized spacial score (nSPS) is 11.7. The SMILES string of the molecule is CC(C)(C)OC(=O)NCCNc1ccc(N)c(OC(C)(C)C)n1. The first-order valence-electron chi connectivity index (χ1n) is 7.62. The molecule has 1 amide bonds. The molecule has 7 heteroatoms. The first-order valence-corrected chi connectivity index (χ1v) is 7.62. The minimum absolute atomic E-state index is 0.377. The summed E-state index contributed by atoms with van der Waals surface area (Å²) in [6.07, 6.45) is -0.443. The summed E-state index contributed by atoms with van der Waals surface area (Å²) in [5.74, 6) is 1.02. The monoisotopic (exact) mass is 324 g/mol. The van der Waals surface area contributed by atoms with Crippen molar-refractivity contribution in [2.45, 2.75) is 52.7 Å². The predicted molar refractivity (Wildman–Crippen MR) is 91.8 cm³/mol. The Morgan fingerprint density at radius 1 is 1.13 bits per heavy atom. The summed E-state index contributed by atoms with van der Waals surface area (Å²) >= 11 is 0. The molecule has 0 aromatic carbocycles. The molecule has 0 aliphatic rings. The van der Waals surface area contributed by atoms with E-state index in [2.05, 4.69) is 15.6 Å². The second-order valence-corrected chi connectivity index (χ2v) is 7.16. The summed E-state index contributed by atoms with van der Waals surface area (Å²) in [6, 6.07) is 3.50. The van der Waals surface area contributed by atoms with Crippen molar-refractivity contribution >= 4 is 17.6 Å². The number of nitrogens with two attached hydrogens (primary N) is 1. The molecule has 0 fully saturated rings. The second-order valence-electron chi connectivity index (χ2n) is 7.16. The third-order valence-corrected chi connectivity index (χ3v) is 2.39. The molecule has 0 atom stereocenters. The van der Waals surface area contributed by atoms with E-state index in [0.29, 0.717) is 30.5 Å². The molecule has 4 N–H and O–H groups in total. The summed E-state index contributed by atoms with van der Waals surface area (Å²) in [5, 5.41) is 5.77. The van der Waals surface area contributed by atoms with Gasteiger partial charge in [-0.25, -0.2) is 4.79 Å². The standard InChI is InChI=1S/C16H28N4O3/c1-15(2,3)22-13-11(17)7-8-12(20-13)18-9-10-19-14(21)23-16(4,5)6/h7-8H,9-10,17H2,1-6H3,(H,18,20)(H,19,21). The number of ether oxygens (including phenoxy) is 2. The fourth-order valence-corrected chi connectivity index (χ4v) is 1.59. The molecular weight excluding hydrogens is 296 g/mol. The second kappa shape index (κ2) is 7.39. The van der Waals surface area contributed by atoms with Crippen molar-refractivity contribution in [3.05, 3.63) is 12.1 Å². The molecule has 0 aliphatic carbocycles. The molecular formula is C16H28N4O3. The van der Waals surface area contributed by atoms with E-state index in [4.69, 9.17) is 15.2 Å². The fourth-order valence-electron chi connectivity index (χ4n) is 1.59. The van der Waals surface area contributed by atoms with Crippen molar-refractivity contribution < 1.29 is 14.3 Å². The molecule has 130 valence electrons.